The zero-order valence-corrected chi connectivity index (χ0v) is 13.4. The van der Waals surface area contributed by atoms with Crippen molar-refractivity contribution in [3.8, 4) is 0 Å². The number of hydrogen-bond donors (Lipinski definition) is 2. The van der Waals surface area contributed by atoms with Crippen LogP contribution in [0.1, 0.15) is 11.1 Å². The quantitative estimate of drug-likeness (QED) is 0.821. The van der Waals surface area contributed by atoms with Gasteiger partial charge in [-0.05, 0) is 17.2 Å². The van der Waals surface area contributed by atoms with E-state index in [-0.39, 0.29) is 5.92 Å². The van der Waals surface area contributed by atoms with E-state index in [1.807, 2.05) is 60.7 Å². The molecule has 0 aromatic heterocycles. The van der Waals surface area contributed by atoms with Gasteiger partial charge in [0.05, 0.1) is 19.3 Å². The third-order valence-corrected chi connectivity index (χ3v) is 4.10. The molecule has 2 aromatic rings. The van der Waals surface area contributed by atoms with Crippen molar-refractivity contribution in [2.75, 3.05) is 6.61 Å². The van der Waals surface area contributed by atoms with Crippen molar-refractivity contribution in [3.63, 3.8) is 0 Å². The summed E-state index contributed by atoms with van der Waals surface area (Å²) in [6.45, 7) is 1.19. The monoisotopic (exact) mass is 326 g/mol. The zero-order valence-electron chi connectivity index (χ0n) is 13.4. The molecule has 4 nitrogen and oxygen atoms in total. The second-order valence-electron chi connectivity index (χ2n) is 5.94. The Kier molecular flexibility index (Phi) is 5.64. The maximum Gasteiger partial charge on any atom is 0.137 e. The van der Waals surface area contributed by atoms with Crippen molar-refractivity contribution in [1.82, 2.24) is 0 Å². The molecule has 0 saturated carbocycles. The van der Waals surface area contributed by atoms with Gasteiger partial charge < -0.3 is 19.7 Å². The molecule has 126 valence electrons. The highest BCUT2D eigenvalue weighted by Gasteiger charge is 2.36. The lowest BCUT2D eigenvalue weighted by molar-refractivity contribution is -0.0214. The fourth-order valence-corrected chi connectivity index (χ4v) is 2.72. The summed E-state index contributed by atoms with van der Waals surface area (Å²) in [6.07, 6.45) is -0.130. The number of aliphatic hydroxyl groups excluding tert-OH is 2. The van der Waals surface area contributed by atoms with E-state index in [0.717, 1.165) is 11.1 Å². The topological polar surface area (TPSA) is 58.9 Å². The van der Waals surface area contributed by atoms with E-state index in [1.165, 1.54) is 0 Å². The molecule has 4 heteroatoms. The highest BCUT2D eigenvalue weighted by molar-refractivity contribution is 5.18. The van der Waals surface area contributed by atoms with Crippen LogP contribution in [0, 0.1) is 5.92 Å². The molecule has 1 unspecified atom stereocenters. The molecule has 0 heterocycles. The Morgan fingerprint density at radius 2 is 1.38 bits per heavy atom. The van der Waals surface area contributed by atoms with Gasteiger partial charge in [0.1, 0.15) is 18.5 Å². The molecule has 0 amide bonds. The van der Waals surface area contributed by atoms with Gasteiger partial charge in [-0.1, -0.05) is 60.7 Å². The number of ether oxygens (including phenoxy) is 2. The predicted octanol–water partition coefficient (Wildman–Crippen LogP) is 2.66. The molecule has 2 N–H and O–H groups in total. The minimum absolute atomic E-state index is 0.269. The lowest BCUT2D eigenvalue weighted by Crippen LogP contribution is -2.30. The van der Waals surface area contributed by atoms with Crippen LogP contribution in [0.4, 0.5) is 0 Å². The van der Waals surface area contributed by atoms with Gasteiger partial charge in [0, 0.05) is 5.92 Å². The minimum atomic E-state index is -1.00. The summed E-state index contributed by atoms with van der Waals surface area (Å²) in [5.74, 6) is 0.147. The molecular formula is C20H22O4. The van der Waals surface area contributed by atoms with Crippen LogP contribution in [0.5, 0.6) is 0 Å². The highest BCUT2D eigenvalue weighted by atomic mass is 16.5. The van der Waals surface area contributed by atoms with Crippen molar-refractivity contribution in [2.45, 2.75) is 25.4 Å². The smallest absolute Gasteiger partial charge is 0.137 e. The van der Waals surface area contributed by atoms with Gasteiger partial charge in [0.2, 0.25) is 0 Å². The van der Waals surface area contributed by atoms with Gasteiger partial charge in [-0.25, -0.2) is 0 Å². The maximum atomic E-state index is 10.2. The van der Waals surface area contributed by atoms with E-state index in [1.54, 1.807) is 6.08 Å². The van der Waals surface area contributed by atoms with Crippen molar-refractivity contribution in [1.29, 1.82) is 0 Å². The molecule has 2 aromatic carbocycles. The van der Waals surface area contributed by atoms with Crippen LogP contribution in [-0.2, 0) is 22.7 Å². The van der Waals surface area contributed by atoms with E-state index in [2.05, 4.69) is 0 Å². The molecule has 0 saturated heterocycles. The molecule has 1 aliphatic rings. The Hall–Kier alpha value is -2.14. The molecule has 0 fully saturated rings. The first-order valence-electron chi connectivity index (χ1n) is 8.10. The number of aliphatic hydroxyl groups is 2. The first kappa shape index (κ1) is 16.7. The van der Waals surface area contributed by atoms with E-state index in [9.17, 15) is 10.2 Å². The van der Waals surface area contributed by atoms with Gasteiger partial charge >= 0.3 is 0 Å². The number of rotatable bonds is 7. The number of benzene rings is 2. The Morgan fingerprint density at radius 1 is 0.792 bits per heavy atom. The van der Waals surface area contributed by atoms with Gasteiger partial charge in [0.15, 0.2) is 0 Å². The maximum absolute atomic E-state index is 10.2. The largest absolute Gasteiger partial charge is 0.491 e. The average Bonchev–Trinajstić information content (AvgIpc) is 2.90. The Balaban J connectivity index is 1.51. The van der Waals surface area contributed by atoms with E-state index in [4.69, 9.17) is 9.47 Å². The summed E-state index contributed by atoms with van der Waals surface area (Å²) in [6, 6.07) is 19.6. The molecular weight excluding hydrogens is 304 g/mol. The van der Waals surface area contributed by atoms with Crippen LogP contribution in [0.25, 0.3) is 0 Å². The summed E-state index contributed by atoms with van der Waals surface area (Å²) in [4.78, 5) is 0. The van der Waals surface area contributed by atoms with Crippen LogP contribution >= 0.6 is 0 Å². The molecule has 0 radical (unpaired) electrons. The summed E-state index contributed by atoms with van der Waals surface area (Å²) < 4.78 is 11.3. The minimum Gasteiger partial charge on any atom is -0.491 e. The number of hydrogen-bond acceptors (Lipinski definition) is 4. The Morgan fingerprint density at radius 3 is 2.00 bits per heavy atom. The summed E-state index contributed by atoms with van der Waals surface area (Å²) in [7, 11) is 0. The van der Waals surface area contributed by atoms with Crippen LogP contribution in [0.3, 0.4) is 0 Å². The summed E-state index contributed by atoms with van der Waals surface area (Å²) in [5, 5.41) is 20.3. The van der Waals surface area contributed by atoms with Gasteiger partial charge in [-0.2, -0.15) is 0 Å². The molecule has 24 heavy (non-hydrogen) atoms. The molecule has 0 spiro atoms. The highest BCUT2D eigenvalue weighted by Crippen LogP contribution is 2.27. The van der Waals surface area contributed by atoms with Crippen molar-refractivity contribution < 1.29 is 19.7 Å². The second-order valence-corrected chi connectivity index (χ2v) is 5.94. The van der Waals surface area contributed by atoms with Crippen LogP contribution in [-0.4, -0.2) is 29.0 Å². The molecule has 3 atom stereocenters. The third kappa shape index (κ3) is 4.23. The summed E-state index contributed by atoms with van der Waals surface area (Å²) in [5.41, 5.74) is 2.10. The summed E-state index contributed by atoms with van der Waals surface area (Å²) >= 11 is 0. The Labute approximate surface area is 142 Å². The lowest BCUT2D eigenvalue weighted by Gasteiger charge is -2.17. The van der Waals surface area contributed by atoms with Crippen molar-refractivity contribution >= 4 is 0 Å². The van der Waals surface area contributed by atoms with Gasteiger partial charge in [-0.3, -0.25) is 0 Å². The van der Waals surface area contributed by atoms with Crippen molar-refractivity contribution in [3.05, 3.63) is 83.6 Å². The first-order valence-corrected chi connectivity index (χ1v) is 8.10. The standard InChI is InChI=1S/C20H22O4/c21-19-17(14-23-12-15-7-3-1-4-8-15)11-18(20(19)22)24-13-16-9-5-2-6-10-16/h1-11,17,19-22H,12-14H2/t17?,19-,20+/m1/s1. The third-order valence-electron chi connectivity index (χ3n) is 4.10. The van der Waals surface area contributed by atoms with Crippen LogP contribution in [0.15, 0.2) is 72.5 Å². The fourth-order valence-electron chi connectivity index (χ4n) is 2.72. The normalized spacial score (nSPS) is 23.1. The van der Waals surface area contributed by atoms with Gasteiger partial charge in [-0.15, -0.1) is 0 Å². The van der Waals surface area contributed by atoms with Gasteiger partial charge in [0.25, 0.3) is 0 Å². The predicted molar refractivity (Wildman–Crippen MR) is 90.9 cm³/mol. The lowest BCUT2D eigenvalue weighted by atomic mass is 10.1. The molecule has 0 aliphatic heterocycles. The van der Waals surface area contributed by atoms with E-state index >= 15 is 0 Å². The van der Waals surface area contributed by atoms with E-state index in [0.29, 0.717) is 25.6 Å². The fraction of sp³-hybridized carbons (Fsp3) is 0.300. The van der Waals surface area contributed by atoms with Crippen molar-refractivity contribution in [2.24, 2.45) is 5.92 Å². The molecule has 1 aliphatic carbocycles. The Bertz CT molecular complexity index is 654. The SMILES string of the molecule is O[C@@H]1C(COCc2ccccc2)C=C(OCc2ccccc2)[C@@H]1O. The average molecular weight is 326 g/mol. The van der Waals surface area contributed by atoms with Crippen LogP contribution < -0.4 is 0 Å². The molecule has 0 bridgehead atoms. The van der Waals surface area contributed by atoms with E-state index < -0.39 is 12.2 Å². The van der Waals surface area contributed by atoms with Crippen LogP contribution in [0.2, 0.25) is 0 Å². The second kappa shape index (κ2) is 8.11. The molecule has 3 rings (SSSR count). The zero-order chi connectivity index (χ0) is 16.8. The first-order chi connectivity index (χ1) is 11.7.